The molecule has 1 aromatic carbocycles. The lowest BCUT2D eigenvalue weighted by atomic mass is 10.1. The molecular formula is C15H21BrN4O2S. The normalized spacial score (nSPS) is 11.0. The van der Waals surface area contributed by atoms with Gasteiger partial charge in [-0.3, -0.25) is 15.4 Å². The van der Waals surface area contributed by atoms with Crippen molar-refractivity contribution < 1.29 is 10.0 Å². The number of carbonyl (C=O) groups is 1. The number of rotatable bonds is 8. The number of benzene rings is 1. The van der Waals surface area contributed by atoms with Gasteiger partial charge in [0.05, 0.1) is 5.71 Å². The Bertz CT molecular complexity index is 566. The molecule has 0 aliphatic heterocycles. The van der Waals surface area contributed by atoms with Crippen molar-refractivity contribution in [1.29, 1.82) is 0 Å². The lowest BCUT2D eigenvalue weighted by Gasteiger charge is -2.08. The fourth-order valence-electron chi connectivity index (χ4n) is 1.80. The van der Waals surface area contributed by atoms with Gasteiger partial charge in [0, 0.05) is 17.4 Å². The number of nitrogens with one attached hydrogen (secondary N) is 3. The maximum absolute atomic E-state index is 10.8. The van der Waals surface area contributed by atoms with Crippen LogP contribution in [0.2, 0.25) is 0 Å². The van der Waals surface area contributed by atoms with Crippen molar-refractivity contribution in [2.24, 2.45) is 5.10 Å². The Morgan fingerprint density at radius 2 is 2.13 bits per heavy atom. The monoisotopic (exact) mass is 400 g/mol. The number of unbranched alkanes of at least 4 members (excludes halogenated alkanes) is 2. The fourth-order valence-corrected chi connectivity index (χ4v) is 2.34. The van der Waals surface area contributed by atoms with E-state index in [9.17, 15) is 4.79 Å². The number of carbonyl (C=O) groups excluding carboxylic acids is 1. The fraction of sp³-hybridized carbons (Fsp3) is 0.400. The third-order valence-corrected chi connectivity index (χ3v) is 3.79. The molecule has 0 fully saturated rings. The Labute approximate surface area is 149 Å². The van der Waals surface area contributed by atoms with Crippen LogP contribution in [0.4, 0.5) is 0 Å². The Hall–Kier alpha value is -1.51. The van der Waals surface area contributed by atoms with Crippen molar-refractivity contribution >= 4 is 44.9 Å². The molecule has 1 rings (SSSR count). The predicted molar refractivity (Wildman–Crippen MR) is 98.5 cm³/mol. The number of hydrogen-bond donors (Lipinski definition) is 4. The zero-order valence-electron chi connectivity index (χ0n) is 12.9. The second-order valence-electron chi connectivity index (χ2n) is 4.92. The summed E-state index contributed by atoms with van der Waals surface area (Å²) >= 11 is 8.58. The minimum atomic E-state index is -0.354. The zero-order valence-corrected chi connectivity index (χ0v) is 15.3. The minimum absolute atomic E-state index is 0.329. The molecular weight excluding hydrogens is 380 g/mol. The van der Waals surface area contributed by atoms with Crippen LogP contribution < -0.4 is 16.2 Å². The molecule has 0 spiro atoms. The number of hydrogen-bond acceptors (Lipinski definition) is 4. The van der Waals surface area contributed by atoms with Crippen LogP contribution in [0, 0.1) is 0 Å². The molecule has 4 N–H and O–H groups in total. The van der Waals surface area contributed by atoms with Crippen LogP contribution >= 0.6 is 28.1 Å². The molecule has 0 aromatic heterocycles. The van der Waals surface area contributed by atoms with Crippen LogP contribution in [0.15, 0.2) is 33.8 Å². The van der Waals surface area contributed by atoms with Gasteiger partial charge < -0.3 is 5.32 Å². The summed E-state index contributed by atoms with van der Waals surface area (Å²) in [7, 11) is 0. The van der Waals surface area contributed by atoms with E-state index in [1.54, 1.807) is 5.48 Å². The maximum atomic E-state index is 10.8. The minimum Gasteiger partial charge on any atom is -0.361 e. The lowest BCUT2D eigenvalue weighted by Crippen LogP contribution is -2.33. The highest BCUT2D eigenvalue weighted by atomic mass is 79.9. The van der Waals surface area contributed by atoms with Gasteiger partial charge in [0.2, 0.25) is 5.91 Å². The van der Waals surface area contributed by atoms with Gasteiger partial charge in [-0.15, -0.1) is 0 Å². The summed E-state index contributed by atoms with van der Waals surface area (Å²) < 4.78 is 1.00. The van der Waals surface area contributed by atoms with Crippen molar-refractivity contribution in [2.75, 3.05) is 6.54 Å². The van der Waals surface area contributed by atoms with E-state index in [1.807, 2.05) is 31.2 Å². The lowest BCUT2D eigenvalue weighted by molar-refractivity contribution is -0.129. The summed E-state index contributed by atoms with van der Waals surface area (Å²) in [6, 6.07) is 7.87. The molecule has 0 atom stereocenters. The maximum Gasteiger partial charge on any atom is 0.243 e. The Morgan fingerprint density at radius 3 is 2.83 bits per heavy atom. The summed E-state index contributed by atoms with van der Waals surface area (Å²) in [5.41, 5.74) is 6.28. The molecule has 0 unspecified atom stereocenters. The van der Waals surface area contributed by atoms with Gasteiger partial charge in [0.15, 0.2) is 5.11 Å². The molecule has 1 amide bonds. The van der Waals surface area contributed by atoms with Gasteiger partial charge >= 0.3 is 0 Å². The van der Waals surface area contributed by atoms with E-state index in [1.165, 1.54) is 0 Å². The van der Waals surface area contributed by atoms with E-state index in [-0.39, 0.29) is 5.91 Å². The summed E-state index contributed by atoms with van der Waals surface area (Å²) in [5, 5.41) is 16.1. The van der Waals surface area contributed by atoms with Gasteiger partial charge in [-0.1, -0.05) is 34.5 Å². The second kappa shape index (κ2) is 11.1. The third-order valence-electron chi connectivity index (χ3n) is 3.06. The van der Waals surface area contributed by atoms with Crippen LogP contribution in [0.3, 0.4) is 0 Å². The largest absolute Gasteiger partial charge is 0.361 e. The van der Waals surface area contributed by atoms with Crippen LogP contribution in [0.25, 0.3) is 0 Å². The Balaban J connectivity index is 2.21. The molecule has 0 bridgehead atoms. The van der Waals surface area contributed by atoms with Gasteiger partial charge in [-0.25, -0.2) is 5.48 Å². The number of hydroxylamine groups is 1. The van der Waals surface area contributed by atoms with Crippen LogP contribution in [0.1, 0.15) is 38.2 Å². The van der Waals surface area contributed by atoms with Gasteiger partial charge in [0.25, 0.3) is 0 Å². The van der Waals surface area contributed by atoms with E-state index < -0.39 is 0 Å². The van der Waals surface area contributed by atoms with E-state index in [0.29, 0.717) is 18.1 Å². The number of hydrazone groups is 1. The first-order valence-electron chi connectivity index (χ1n) is 7.30. The first kappa shape index (κ1) is 19.5. The molecule has 0 radical (unpaired) electrons. The molecule has 1 aromatic rings. The first-order chi connectivity index (χ1) is 11.0. The van der Waals surface area contributed by atoms with Crippen molar-refractivity contribution in [2.45, 2.75) is 32.6 Å². The molecule has 23 heavy (non-hydrogen) atoms. The highest BCUT2D eigenvalue weighted by molar-refractivity contribution is 9.10. The summed E-state index contributed by atoms with van der Waals surface area (Å²) in [6.07, 6.45) is 2.82. The van der Waals surface area contributed by atoms with Crippen molar-refractivity contribution in [3.05, 3.63) is 34.3 Å². The molecule has 8 heteroatoms. The summed E-state index contributed by atoms with van der Waals surface area (Å²) in [4.78, 5) is 10.8. The highest BCUT2D eigenvalue weighted by Gasteiger charge is 2.00. The second-order valence-corrected chi connectivity index (χ2v) is 6.24. The molecule has 126 valence electrons. The standard InChI is InChI=1S/C15H21BrN4O2S/c1-11(12-6-5-7-13(16)10-12)18-19-15(23)17-9-4-2-3-8-14(21)20-22/h5-7,10,22H,2-4,8-9H2,1H3,(H,20,21)(H2,17,19,23)/b18-11+. The van der Waals surface area contributed by atoms with Crippen LogP contribution in [-0.4, -0.2) is 28.5 Å². The predicted octanol–water partition coefficient (Wildman–Crippen LogP) is 2.70. The smallest absolute Gasteiger partial charge is 0.243 e. The van der Waals surface area contributed by atoms with E-state index >= 15 is 0 Å². The van der Waals surface area contributed by atoms with Crippen molar-refractivity contribution in [3.63, 3.8) is 0 Å². The average molecular weight is 401 g/mol. The zero-order chi connectivity index (χ0) is 17.1. The molecule has 0 aliphatic carbocycles. The number of amides is 1. The Kier molecular flexibility index (Phi) is 9.42. The van der Waals surface area contributed by atoms with Gasteiger partial charge in [-0.2, -0.15) is 5.10 Å². The van der Waals surface area contributed by atoms with Crippen LogP contribution in [-0.2, 0) is 4.79 Å². The van der Waals surface area contributed by atoms with E-state index in [2.05, 4.69) is 31.8 Å². The van der Waals surface area contributed by atoms with Crippen molar-refractivity contribution in [1.82, 2.24) is 16.2 Å². The molecule has 0 aliphatic rings. The average Bonchev–Trinajstić information content (AvgIpc) is 2.55. The summed E-state index contributed by atoms with van der Waals surface area (Å²) in [6.45, 7) is 2.61. The SMILES string of the molecule is C/C(=N\NC(=S)NCCCCCC(=O)NO)c1cccc(Br)c1. The third kappa shape index (κ3) is 8.63. The van der Waals surface area contributed by atoms with Gasteiger partial charge in [-0.05, 0) is 49.7 Å². The first-order valence-corrected chi connectivity index (χ1v) is 8.50. The van der Waals surface area contributed by atoms with E-state index in [4.69, 9.17) is 17.4 Å². The molecule has 0 saturated heterocycles. The summed E-state index contributed by atoms with van der Waals surface area (Å²) in [5.74, 6) is -0.354. The van der Waals surface area contributed by atoms with Crippen LogP contribution in [0.5, 0.6) is 0 Å². The molecule has 0 heterocycles. The Morgan fingerprint density at radius 1 is 1.35 bits per heavy atom. The highest BCUT2D eigenvalue weighted by Crippen LogP contribution is 2.12. The topological polar surface area (TPSA) is 85.8 Å². The van der Waals surface area contributed by atoms with Crippen molar-refractivity contribution in [3.8, 4) is 0 Å². The quantitative estimate of drug-likeness (QED) is 0.177. The number of nitrogens with zero attached hydrogens (tertiary/aromatic N) is 1. The number of halogens is 1. The molecule has 0 saturated carbocycles. The van der Waals surface area contributed by atoms with E-state index in [0.717, 1.165) is 35.0 Å². The number of thiocarbonyl (C=S) groups is 1. The molecule has 6 nitrogen and oxygen atoms in total. The van der Waals surface area contributed by atoms with Gasteiger partial charge in [0.1, 0.15) is 0 Å².